The average molecular weight is 694 g/mol. The molecule has 3 saturated carbocycles. The molecular weight excluding hydrogens is 638 g/mol. The third kappa shape index (κ3) is 9.06. The highest BCUT2D eigenvalue weighted by atomic mass is 16.2. The van der Waals surface area contributed by atoms with Crippen LogP contribution in [0.15, 0.2) is 18.6 Å². The molecule has 50 heavy (non-hydrogen) atoms. The summed E-state index contributed by atoms with van der Waals surface area (Å²) in [6.07, 6.45) is 15.3. The average Bonchev–Trinajstić information content (AvgIpc) is 3.84. The van der Waals surface area contributed by atoms with Crippen molar-refractivity contribution in [2.24, 2.45) is 17.3 Å². The molecule has 274 valence electrons. The Morgan fingerprint density at radius 1 is 0.880 bits per heavy atom. The molecule has 4 aliphatic rings. The first kappa shape index (κ1) is 37.4. The molecular formula is C37H55N7O6. The lowest BCUT2D eigenvalue weighted by Crippen LogP contribution is -2.63. The van der Waals surface area contributed by atoms with Crippen molar-refractivity contribution in [2.75, 3.05) is 0 Å². The fourth-order valence-electron chi connectivity index (χ4n) is 8.01. The summed E-state index contributed by atoms with van der Waals surface area (Å²) in [6, 6.07) is -3.89. The molecule has 4 fully saturated rings. The fraction of sp³-hybridized carbons (Fsp3) is 0.730. The molecule has 5 amide bonds. The number of carbonyl (C=O) groups excluding carboxylic acids is 6. The third-order valence-corrected chi connectivity index (χ3v) is 10.9. The first-order chi connectivity index (χ1) is 23.9. The maximum absolute atomic E-state index is 14.8. The predicted octanol–water partition coefficient (Wildman–Crippen LogP) is 2.98. The molecule has 5 rings (SSSR count). The van der Waals surface area contributed by atoms with Crippen LogP contribution in [0.4, 0.5) is 0 Å². The molecule has 1 aliphatic heterocycles. The van der Waals surface area contributed by atoms with Gasteiger partial charge in [0.05, 0.1) is 12.2 Å². The lowest BCUT2D eigenvalue weighted by atomic mass is 9.81. The summed E-state index contributed by atoms with van der Waals surface area (Å²) in [5.74, 6) is -3.12. The highest BCUT2D eigenvalue weighted by Crippen LogP contribution is 2.41. The zero-order chi connectivity index (χ0) is 36.0. The van der Waals surface area contributed by atoms with Crippen molar-refractivity contribution in [2.45, 2.75) is 154 Å². The summed E-state index contributed by atoms with van der Waals surface area (Å²) >= 11 is 0. The molecule has 13 heteroatoms. The molecule has 0 unspecified atom stereocenters. The van der Waals surface area contributed by atoms with E-state index in [9.17, 15) is 28.8 Å². The van der Waals surface area contributed by atoms with Crippen LogP contribution in [0, 0.1) is 17.3 Å². The zero-order valence-corrected chi connectivity index (χ0v) is 30.0. The maximum Gasteiger partial charge on any atom is 0.289 e. The van der Waals surface area contributed by atoms with Crippen molar-refractivity contribution < 1.29 is 28.8 Å². The molecule has 1 saturated heterocycles. The van der Waals surface area contributed by atoms with Crippen molar-refractivity contribution in [3.63, 3.8) is 0 Å². The monoisotopic (exact) mass is 693 g/mol. The van der Waals surface area contributed by atoms with Gasteiger partial charge in [-0.05, 0) is 68.6 Å². The van der Waals surface area contributed by atoms with E-state index in [-0.39, 0.29) is 35.5 Å². The largest absolute Gasteiger partial charge is 0.347 e. The molecule has 6 atom stereocenters. The maximum atomic E-state index is 14.8. The molecule has 1 aromatic rings. The Labute approximate surface area is 295 Å². The van der Waals surface area contributed by atoms with Crippen molar-refractivity contribution in [1.82, 2.24) is 36.1 Å². The summed E-state index contributed by atoms with van der Waals surface area (Å²) in [6.45, 7) is 7.52. The first-order valence-corrected chi connectivity index (χ1v) is 18.7. The topological polar surface area (TPSA) is 180 Å². The Balaban J connectivity index is 1.38. The van der Waals surface area contributed by atoms with Crippen molar-refractivity contribution in [3.8, 4) is 0 Å². The molecule has 0 aromatic carbocycles. The van der Waals surface area contributed by atoms with Crippen LogP contribution in [-0.2, 0) is 24.0 Å². The van der Waals surface area contributed by atoms with Gasteiger partial charge < -0.3 is 26.2 Å². The van der Waals surface area contributed by atoms with Crippen molar-refractivity contribution in [1.29, 1.82) is 0 Å². The number of likely N-dealkylation sites (tertiary alicyclic amines) is 1. The van der Waals surface area contributed by atoms with Gasteiger partial charge >= 0.3 is 0 Å². The Hall–Kier alpha value is -3.90. The van der Waals surface area contributed by atoms with Crippen LogP contribution in [0.2, 0.25) is 0 Å². The molecule has 13 nitrogen and oxygen atoms in total. The van der Waals surface area contributed by atoms with Gasteiger partial charge in [0.15, 0.2) is 0 Å². The van der Waals surface area contributed by atoms with Crippen LogP contribution in [0.1, 0.15) is 128 Å². The van der Waals surface area contributed by atoms with Crippen LogP contribution < -0.4 is 21.3 Å². The van der Waals surface area contributed by atoms with E-state index in [0.717, 1.165) is 70.6 Å². The number of nitrogens with one attached hydrogen (secondary N) is 4. The van der Waals surface area contributed by atoms with Crippen molar-refractivity contribution >= 4 is 35.3 Å². The highest BCUT2D eigenvalue weighted by Gasteiger charge is 2.51. The van der Waals surface area contributed by atoms with E-state index in [1.165, 1.54) is 18.6 Å². The summed E-state index contributed by atoms with van der Waals surface area (Å²) in [7, 11) is 0. The van der Waals surface area contributed by atoms with Gasteiger partial charge in [0.2, 0.25) is 23.5 Å². The molecule has 0 bridgehead atoms. The summed E-state index contributed by atoms with van der Waals surface area (Å²) in [5, 5.41) is 11.5. The van der Waals surface area contributed by atoms with Gasteiger partial charge in [-0.1, -0.05) is 66.2 Å². The smallest absolute Gasteiger partial charge is 0.289 e. The SMILES string of the molecule is CCC[C@@H](NC(=O)[C@@H]1C[C@@H]2CCCC[C@@H]2N1C(=O)[C@@H](NC(=O)[C@@H](NC(=O)c1cnccn1)C1CCCCC1)C(C)(C)C)C(=O)C(=O)NC1CC1. The lowest BCUT2D eigenvalue weighted by Gasteiger charge is -2.40. The summed E-state index contributed by atoms with van der Waals surface area (Å²) in [4.78, 5) is 91.9. The van der Waals surface area contributed by atoms with Gasteiger partial charge in [0, 0.05) is 24.5 Å². The fourth-order valence-corrected chi connectivity index (χ4v) is 8.01. The number of ketones is 1. The minimum Gasteiger partial charge on any atom is -0.347 e. The lowest BCUT2D eigenvalue weighted by molar-refractivity contribution is -0.147. The second-order valence-corrected chi connectivity index (χ2v) is 15.8. The number of Topliss-reactive ketones (excluding diaryl/α,β-unsaturated/α-hetero) is 1. The first-order valence-electron chi connectivity index (χ1n) is 18.7. The minimum absolute atomic E-state index is 0.0121. The number of rotatable bonds is 13. The Morgan fingerprint density at radius 3 is 2.22 bits per heavy atom. The van der Waals surface area contributed by atoms with Gasteiger partial charge in [-0.25, -0.2) is 4.98 Å². The third-order valence-electron chi connectivity index (χ3n) is 10.9. The number of nitrogens with zero attached hydrogens (tertiary/aromatic N) is 3. The molecule has 1 aromatic heterocycles. The Morgan fingerprint density at radius 2 is 1.58 bits per heavy atom. The second-order valence-electron chi connectivity index (χ2n) is 15.8. The summed E-state index contributed by atoms with van der Waals surface area (Å²) in [5.41, 5.74) is -0.641. The molecule has 3 aliphatic carbocycles. The number of hydrogen-bond donors (Lipinski definition) is 4. The molecule has 2 heterocycles. The summed E-state index contributed by atoms with van der Waals surface area (Å²) < 4.78 is 0. The number of hydrogen-bond acceptors (Lipinski definition) is 8. The Kier molecular flexibility index (Phi) is 12.3. The number of carbonyl (C=O) groups is 6. The van der Waals surface area contributed by atoms with E-state index in [1.807, 2.05) is 27.7 Å². The molecule has 0 spiro atoms. The second kappa shape index (κ2) is 16.4. The van der Waals surface area contributed by atoms with Crippen molar-refractivity contribution in [3.05, 3.63) is 24.3 Å². The van der Waals surface area contributed by atoms with Gasteiger partial charge in [0.25, 0.3) is 11.8 Å². The van der Waals surface area contributed by atoms with Crippen LogP contribution in [0.3, 0.4) is 0 Å². The van der Waals surface area contributed by atoms with Gasteiger partial charge in [-0.2, -0.15) is 0 Å². The number of amides is 5. The van der Waals surface area contributed by atoms with Crippen LogP contribution >= 0.6 is 0 Å². The van der Waals surface area contributed by atoms with Crippen LogP contribution in [0.25, 0.3) is 0 Å². The standard InChI is InChI=1S/C37H55N7O6/c1-5-11-25(30(45)35(49)40-24-16-17-24)41-33(47)28-20-23-14-9-10-15-27(23)44(28)36(50)31(37(2,3)4)43-34(48)29(22-12-7-6-8-13-22)42-32(46)26-21-38-18-19-39-26/h18-19,21-25,27-29,31H,5-17,20H2,1-4H3,(H,40,49)(H,41,47)(H,42,46)(H,43,48)/t23-,25+,27-,28-,29-,31+/m0/s1. The normalized spacial score (nSPS) is 24.2. The van der Waals surface area contributed by atoms with Crippen LogP contribution in [0.5, 0.6) is 0 Å². The van der Waals surface area contributed by atoms with Gasteiger partial charge in [0.1, 0.15) is 23.8 Å². The van der Waals surface area contributed by atoms with Gasteiger partial charge in [-0.15, -0.1) is 0 Å². The van der Waals surface area contributed by atoms with Crippen LogP contribution in [-0.4, -0.2) is 86.4 Å². The molecule has 4 N–H and O–H groups in total. The van der Waals surface area contributed by atoms with E-state index >= 15 is 0 Å². The Bertz CT molecular complexity index is 1400. The highest BCUT2D eigenvalue weighted by molar-refractivity contribution is 6.38. The quantitative estimate of drug-likeness (QED) is 0.228. The van der Waals surface area contributed by atoms with E-state index < -0.39 is 59.0 Å². The zero-order valence-electron chi connectivity index (χ0n) is 30.0. The predicted molar refractivity (Wildman–Crippen MR) is 185 cm³/mol. The van der Waals surface area contributed by atoms with E-state index in [0.29, 0.717) is 19.3 Å². The van der Waals surface area contributed by atoms with E-state index in [4.69, 9.17) is 0 Å². The number of aromatic nitrogens is 2. The van der Waals surface area contributed by atoms with E-state index in [1.54, 1.807) is 4.90 Å². The molecule has 0 radical (unpaired) electrons. The van der Waals surface area contributed by atoms with Gasteiger partial charge in [-0.3, -0.25) is 33.8 Å². The minimum atomic E-state index is -0.997. The van der Waals surface area contributed by atoms with E-state index in [2.05, 4.69) is 31.2 Å². The number of fused-ring (bicyclic) bond motifs is 1.